The van der Waals surface area contributed by atoms with Crippen LogP contribution in [0.2, 0.25) is 0 Å². The van der Waals surface area contributed by atoms with Crippen molar-refractivity contribution in [2.45, 2.75) is 0 Å². The highest BCUT2D eigenvalue weighted by atomic mass is 16.8. The topological polar surface area (TPSA) is 75.1 Å². The zero-order valence-electron chi connectivity index (χ0n) is 11.9. The Hall–Kier alpha value is -3.41. The summed E-state index contributed by atoms with van der Waals surface area (Å²) in [6.45, 7) is 0. The molecular formula is C17H11N3O3. The Morgan fingerprint density at radius 2 is 1.78 bits per heavy atom. The van der Waals surface area contributed by atoms with Gasteiger partial charge in [-0.15, -0.1) is 0 Å². The van der Waals surface area contributed by atoms with Gasteiger partial charge in [-0.05, 0) is 17.0 Å². The Balaban J connectivity index is 1.81. The van der Waals surface area contributed by atoms with Gasteiger partial charge in [0.25, 0.3) is 5.69 Å². The van der Waals surface area contributed by atoms with Gasteiger partial charge >= 0.3 is 5.88 Å². The molecule has 0 N–H and O–H groups in total. The summed E-state index contributed by atoms with van der Waals surface area (Å²) in [5.41, 5.74) is 1.57. The third-order valence-electron chi connectivity index (χ3n) is 3.43. The van der Waals surface area contributed by atoms with Crippen LogP contribution < -0.4 is 9.64 Å². The second-order valence-corrected chi connectivity index (χ2v) is 4.88. The van der Waals surface area contributed by atoms with Gasteiger partial charge in [-0.1, -0.05) is 48.5 Å². The first kappa shape index (κ1) is 13.3. The molecule has 4 rings (SSSR count). The summed E-state index contributed by atoms with van der Waals surface area (Å²) in [5, 5.41) is 16.5. The van der Waals surface area contributed by atoms with Crippen molar-refractivity contribution in [1.82, 2.24) is 10.1 Å². The molecule has 2 aromatic heterocycles. The van der Waals surface area contributed by atoms with E-state index in [-0.39, 0.29) is 11.6 Å². The second-order valence-electron chi connectivity index (χ2n) is 4.88. The molecule has 6 nitrogen and oxygen atoms in total. The van der Waals surface area contributed by atoms with Crippen molar-refractivity contribution in [2.75, 3.05) is 0 Å². The van der Waals surface area contributed by atoms with E-state index in [0.29, 0.717) is 21.7 Å². The number of hydrogen-bond donors (Lipinski definition) is 0. The third kappa shape index (κ3) is 2.36. The smallest absolute Gasteiger partial charge is 0.408 e. The summed E-state index contributed by atoms with van der Waals surface area (Å²) in [6, 6.07) is 18.4. The van der Waals surface area contributed by atoms with Gasteiger partial charge in [-0.25, -0.2) is 0 Å². The maximum absolute atomic E-state index is 11.9. The lowest BCUT2D eigenvalue weighted by Gasteiger charge is -2.04. The third-order valence-corrected chi connectivity index (χ3v) is 3.43. The Labute approximate surface area is 131 Å². The number of pyridine rings is 1. The van der Waals surface area contributed by atoms with E-state index in [1.807, 2.05) is 42.5 Å². The molecule has 0 spiro atoms. The van der Waals surface area contributed by atoms with E-state index < -0.39 is 0 Å². The molecule has 0 aliphatic carbocycles. The average molecular weight is 305 g/mol. The molecule has 0 bridgehead atoms. The summed E-state index contributed by atoms with van der Waals surface area (Å²) in [5.74, 6) is 0.610. The lowest BCUT2D eigenvalue weighted by atomic mass is 10.1. The number of fused-ring (bicyclic) bond motifs is 1. The number of ether oxygens (including phenoxy) is 1. The van der Waals surface area contributed by atoms with Crippen molar-refractivity contribution in [3.05, 3.63) is 72.1 Å². The van der Waals surface area contributed by atoms with E-state index in [0.717, 1.165) is 5.39 Å². The number of nitrogens with zero attached hydrogens (tertiary/aromatic N) is 3. The van der Waals surface area contributed by atoms with Crippen molar-refractivity contribution in [1.29, 1.82) is 0 Å². The van der Waals surface area contributed by atoms with Crippen LogP contribution in [0.3, 0.4) is 0 Å². The predicted octanol–water partition coefficient (Wildman–Crippen LogP) is 3.32. The Morgan fingerprint density at radius 1 is 0.957 bits per heavy atom. The number of hydrogen-bond acceptors (Lipinski definition) is 5. The molecule has 0 amide bonds. The number of benzene rings is 2. The monoisotopic (exact) mass is 305 g/mol. The summed E-state index contributed by atoms with van der Waals surface area (Å²) >= 11 is 0. The Kier molecular flexibility index (Phi) is 3.12. The summed E-state index contributed by atoms with van der Waals surface area (Å²) in [7, 11) is 0. The minimum absolute atomic E-state index is 0.101. The van der Waals surface area contributed by atoms with E-state index in [4.69, 9.17) is 9.37 Å². The molecule has 0 aliphatic rings. The molecule has 0 fully saturated rings. The van der Waals surface area contributed by atoms with Crippen LogP contribution >= 0.6 is 0 Å². The maximum atomic E-state index is 11.9. The Morgan fingerprint density at radius 3 is 2.65 bits per heavy atom. The zero-order chi connectivity index (χ0) is 15.6. The first-order valence-corrected chi connectivity index (χ1v) is 7.00. The van der Waals surface area contributed by atoms with E-state index in [1.54, 1.807) is 24.4 Å². The molecule has 23 heavy (non-hydrogen) atoms. The van der Waals surface area contributed by atoms with E-state index >= 15 is 0 Å². The van der Waals surface area contributed by atoms with E-state index in [1.165, 1.54) is 0 Å². The summed E-state index contributed by atoms with van der Waals surface area (Å²) < 4.78 is 10.5. The van der Waals surface area contributed by atoms with Crippen molar-refractivity contribution in [3.8, 4) is 22.9 Å². The summed E-state index contributed by atoms with van der Waals surface area (Å²) in [4.78, 5) is 4.65. The highest BCUT2D eigenvalue weighted by molar-refractivity contribution is 5.84. The van der Waals surface area contributed by atoms with Crippen LogP contribution in [0.25, 0.3) is 22.2 Å². The van der Waals surface area contributed by atoms with Crippen LogP contribution in [-0.4, -0.2) is 10.1 Å². The van der Waals surface area contributed by atoms with Crippen molar-refractivity contribution >= 4 is 10.9 Å². The van der Waals surface area contributed by atoms with E-state index in [2.05, 4.69) is 10.1 Å². The second kappa shape index (κ2) is 5.42. The largest absolute Gasteiger partial charge is 0.413 e. The minimum Gasteiger partial charge on any atom is -0.413 e. The quantitative estimate of drug-likeness (QED) is 0.543. The molecule has 0 radical (unpaired) electrons. The fraction of sp³-hybridized carbons (Fsp3) is 0. The molecule has 2 heterocycles. The predicted molar refractivity (Wildman–Crippen MR) is 82.7 cm³/mol. The van der Waals surface area contributed by atoms with Crippen LogP contribution in [0, 0.1) is 5.21 Å². The highest BCUT2D eigenvalue weighted by Crippen LogP contribution is 2.32. The van der Waals surface area contributed by atoms with Crippen molar-refractivity contribution in [2.24, 2.45) is 0 Å². The molecule has 0 aliphatic heterocycles. The van der Waals surface area contributed by atoms with Gasteiger partial charge in [0.1, 0.15) is 5.52 Å². The van der Waals surface area contributed by atoms with Gasteiger partial charge in [-0.2, -0.15) is 0 Å². The molecular weight excluding hydrogens is 294 g/mol. The van der Waals surface area contributed by atoms with E-state index in [9.17, 15) is 5.21 Å². The van der Waals surface area contributed by atoms with Gasteiger partial charge in [-0.3, -0.25) is 9.61 Å². The molecule has 6 heteroatoms. The molecule has 0 saturated carbocycles. The molecule has 0 unspecified atom stereocenters. The first-order valence-electron chi connectivity index (χ1n) is 7.00. The van der Waals surface area contributed by atoms with Gasteiger partial charge in [0.05, 0.1) is 5.16 Å². The van der Waals surface area contributed by atoms with Crippen LogP contribution in [0.15, 0.2) is 71.5 Å². The first-order chi connectivity index (χ1) is 11.3. The fourth-order valence-electron chi connectivity index (χ4n) is 2.39. The SMILES string of the molecule is [O-][n+]1onc(Oc2cccc3cccnc23)c1-c1ccccc1. The Bertz CT molecular complexity index is 962. The zero-order valence-corrected chi connectivity index (χ0v) is 11.9. The molecule has 2 aromatic carbocycles. The molecule has 0 atom stereocenters. The lowest BCUT2D eigenvalue weighted by Crippen LogP contribution is -2.25. The minimum atomic E-state index is 0.101. The van der Waals surface area contributed by atoms with Crippen molar-refractivity contribution < 1.29 is 14.3 Å². The van der Waals surface area contributed by atoms with Crippen LogP contribution in [-0.2, 0) is 0 Å². The molecule has 112 valence electrons. The van der Waals surface area contributed by atoms with Crippen LogP contribution in [0.5, 0.6) is 11.6 Å². The number of para-hydroxylation sites is 1. The lowest BCUT2D eigenvalue weighted by molar-refractivity contribution is -0.793. The van der Waals surface area contributed by atoms with Gasteiger partial charge < -0.3 is 9.94 Å². The van der Waals surface area contributed by atoms with Gasteiger partial charge in [0.15, 0.2) is 5.75 Å². The normalized spacial score (nSPS) is 10.8. The van der Waals surface area contributed by atoms with Crippen molar-refractivity contribution in [3.63, 3.8) is 0 Å². The standard InChI is InChI=1S/C17H11N3O3/c21-20-16(13-6-2-1-3-7-13)17(19-23-20)22-14-10-4-8-12-9-5-11-18-15(12)14/h1-11H. The van der Waals surface area contributed by atoms with Crippen LogP contribution in [0.1, 0.15) is 0 Å². The molecule has 4 aromatic rings. The van der Waals surface area contributed by atoms with Crippen LogP contribution in [0.4, 0.5) is 0 Å². The number of rotatable bonds is 3. The van der Waals surface area contributed by atoms with Gasteiger partial charge in [0.2, 0.25) is 0 Å². The summed E-state index contributed by atoms with van der Waals surface area (Å²) in [6.07, 6.45) is 1.68. The average Bonchev–Trinajstić information content (AvgIpc) is 2.96. The fourth-order valence-corrected chi connectivity index (χ4v) is 2.39. The molecule has 0 saturated heterocycles. The highest BCUT2D eigenvalue weighted by Gasteiger charge is 2.24. The maximum Gasteiger partial charge on any atom is 0.408 e. The number of aromatic nitrogens is 3. The van der Waals surface area contributed by atoms with Gasteiger partial charge in [0, 0.05) is 17.1 Å².